The monoisotopic (exact) mass is 661 g/mol. The number of ether oxygens (including phenoxy) is 2. The van der Waals surface area contributed by atoms with Gasteiger partial charge < -0.3 is 14.3 Å². The van der Waals surface area contributed by atoms with Crippen molar-refractivity contribution in [2.45, 2.75) is 31.3 Å². The quantitative estimate of drug-likeness (QED) is 0.0684. The van der Waals surface area contributed by atoms with E-state index in [1.807, 2.05) is 103 Å². The lowest BCUT2D eigenvalue weighted by Crippen LogP contribution is -2.44. The fourth-order valence-corrected chi connectivity index (χ4v) is 6.75. The zero-order chi connectivity index (χ0) is 34.3. The Bertz CT molecular complexity index is 1880. The molecule has 0 N–H and O–H groups in total. The minimum atomic E-state index is -1.84. The van der Waals surface area contributed by atoms with Gasteiger partial charge in [0.1, 0.15) is 31.8 Å². The van der Waals surface area contributed by atoms with Gasteiger partial charge in [0.25, 0.3) is 0 Å². The molecule has 0 radical (unpaired) electrons. The lowest BCUT2D eigenvalue weighted by Gasteiger charge is -2.38. The van der Waals surface area contributed by atoms with Crippen LogP contribution in [0.1, 0.15) is 22.3 Å². The van der Waals surface area contributed by atoms with Crippen LogP contribution in [-0.2, 0) is 15.1 Å². The molecule has 5 aromatic rings. The number of rotatable bonds is 9. The fraction of sp³-hybridized carbons (Fsp3) is 0.163. The van der Waals surface area contributed by atoms with E-state index in [0.29, 0.717) is 11.4 Å². The van der Waals surface area contributed by atoms with Crippen molar-refractivity contribution in [2.75, 3.05) is 11.5 Å². The third-order valence-corrected chi connectivity index (χ3v) is 9.31. The van der Waals surface area contributed by atoms with Gasteiger partial charge in [-0.1, -0.05) is 153 Å². The van der Waals surface area contributed by atoms with E-state index >= 15 is 0 Å². The van der Waals surface area contributed by atoms with Crippen LogP contribution in [0.5, 0.6) is 5.75 Å². The highest BCUT2D eigenvalue weighted by Crippen LogP contribution is 2.43. The summed E-state index contributed by atoms with van der Waals surface area (Å²) in [4.78, 5) is 28.6. The summed E-state index contributed by atoms with van der Waals surface area (Å²) >= 11 is 0. The first-order valence-electron chi connectivity index (χ1n) is 16.5. The van der Waals surface area contributed by atoms with Gasteiger partial charge in [0.05, 0.1) is 18.2 Å². The molecule has 244 valence electrons. The topological polar surface area (TPSA) is 55.8 Å². The summed E-state index contributed by atoms with van der Waals surface area (Å²) in [7, 11) is -1.84. The summed E-state index contributed by atoms with van der Waals surface area (Å²) in [6.07, 6.45) is 2.33. The van der Waals surface area contributed by atoms with Crippen LogP contribution in [0.4, 0.5) is 10.5 Å². The van der Waals surface area contributed by atoms with Crippen LogP contribution in [-0.4, -0.2) is 33.1 Å². The van der Waals surface area contributed by atoms with Crippen molar-refractivity contribution in [3.05, 3.63) is 174 Å². The zero-order valence-electron chi connectivity index (χ0n) is 28.0. The van der Waals surface area contributed by atoms with Gasteiger partial charge in [-0.2, -0.15) is 0 Å². The third kappa shape index (κ3) is 7.34. The van der Waals surface area contributed by atoms with Crippen molar-refractivity contribution in [1.82, 2.24) is 0 Å². The molecule has 6 rings (SSSR count). The van der Waals surface area contributed by atoms with Gasteiger partial charge in [0.15, 0.2) is 0 Å². The second kappa shape index (κ2) is 14.7. The first kappa shape index (κ1) is 33.4. The Hall–Kier alpha value is -5.48. The molecule has 2 atom stereocenters. The minimum absolute atomic E-state index is 0.0744. The van der Waals surface area contributed by atoms with Crippen LogP contribution in [0, 0.1) is 17.4 Å². The number of anilines is 1. The average molecular weight is 662 g/mol. The number of para-hydroxylation sites is 2. The minimum Gasteiger partial charge on any atom is -0.410 e. The Labute approximate surface area is 289 Å². The molecule has 0 saturated carbocycles. The van der Waals surface area contributed by atoms with Crippen LogP contribution in [0.25, 0.3) is 5.57 Å². The summed E-state index contributed by atoms with van der Waals surface area (Å²) in [6.45, 7) is 6.55. The molecule has 1 aliphatic rings. The maximum Gasteiger partial charge on any atom is 0.421 e. The molecule has 0 spiro atoms. The predicted molar refractivity (Wildman–Crippen MR) is 199 cm³/mol. The van der Waals surface area contributed by atoms with E-state index in [4.69, 9.17) is 9.47 Å². The highest BCUT2D eigenvalue weighted by molar-refractivity contribution is 6.83. The van der Waals surface area contributed by atoms with Crippen molar-refractivity contribution in [3.63, 3.8) is 0 Å². The summed E-state index contributed by atoms with van der Waals surface area (Å²) in [5.41, 5.74) is 7.43. The fourth-order valence-electron chi connectivity index (χ4n) is 6.17. The summed E-state index contributed by atoms with van der Waals surface area (Å²) < 4.78 is 12.9. The lowest BCUT2D eigenvalue weighted by atomic mass is 9.79. The molecular weight excluding hydrogens is 623 g/mol. The Morgan fingerprint density at radius 2 is 1.24 bits per heavy atom. The van der Waals surface area contributed by atoms with Crippen LogP contribution < -0.4 is 9.64 Å². The number of carbonyl (C=O) groups is 2. The molecule has 5 nitrogen and oxygen atoms in total. The van der Waals surface area contributed by atoms with Crippen LogP contribution in [0.15, 0.2) is 152 Å². The number of fused-ring (bicyclic) bond motifs is 1. The van der Waals surface area contributed by atoms with E-state index in [1.165, 1.54) is 0 Å². The molecule has 5 aromatic carbocycles. The SMILES string of the molecule is C[Si](C)(C)C#C[C@H]1C=C([C@H](C=O)COC(c2ccccc2)(c2ccccc2)c2ccccc2)c2ccccc2N1C(=O)Oc1ccccc1. The van der Waals surface area contributed by atoms with Crippen molar-refractivity contribution in [1.29, 1.82) is 0 Å². The van der Waals surface area contributed by atoms with Gasteiger partial charge in [0, 0.05) is 5.56 Å². The molecular formula is C43H39NO4Si. The molecule has 1 heterocycles. The first-order valence-corrected chi connectivity index (χ1v) is 20.0. The standard InChI is InChI=1S/C43H39NO4Si/c1-49(2,3)29-28-37-30-40(39-26-16-17-27-41(39)44(37)42(46)48-38-24-14-7-15-25-38)33(31-45)32-47-43(34-18-8-4-9-19-34,35-20-10-5-11-21-35)36-22-12-6-13-23-36/h4-27,30-31,33,37H,32H2,1-3H3/t33-,37+/m1/s1. The normalized spacial score (nSPS) is 14.8. The van der Waals surface area contributed by atoms with Gasteiger partial charge in [-0.05, 0) is 46.5 Å². The van der Waals surface area contributed by atoms with Crippen molar-refractivity contribution in [3.8, 4) is 17.2 Å². The van der Waals surface area contributed by atoms with E-state index in [-0.39, 0.29) is 6.61 Å². The molecule has 0 saturated heterocycles. The van der Waals surface area contributed by atoms with E-state index in [9.17, 15) is 9.59 Å². The number of nitrogens with zero attached hydrogens (tertiary/aromatic N) is 1. The van der Waals surface area contributed by atoms with Crippen LogP contribution >= 0.6 is 0 Å². The number of aldehydes is 1. The Morgan fingerprint density at radius 1 is 0.755 bits per heavy atom. The maximum atomic E-state index is 13.9. The molecule has 6 heteroatoms. The van der Waals surface area contributed by atoms with Gasteiger partial charge in [0.2, 0.25) is 0 Å². The molecule has 0 aliphatic carbocycles. The van der Waals surface area contributed by atoms with E-state index in [1.54, 1.807) is 17.0 Å². The van der Waals surface area contributed by atoms with Crippen LogP contribution in [0.3, 0.4) is 0 Å². The molecule has 0 bridgehead atoms. The summed E-state index contributed by atoms with van der Waals surface area (Å²) in [5.74, 6) is 3.15. The highest BCUT2D eigenvalue weighted by atomic mass is 28.3. The number of carbonyl (C=O) groups excluding carboxylic acids is 2. The summed E-state index contributed by atoms with van der Waals surface area (Å²) in [6, 6.07) is 46.3. The van der Waals surface area contributed by atoms with E-state index in [0.717, 1.165) is 34.1 Å². The molecule has 1 amide bonds. The number of hydrogen-bond donors (Lipinski definition) is 0. The van der Waals surface area contributed by atoms with Gasteiger partial charge >= 0.3 is 6.09 Å². The first-order chi connectivity index (χ1) is 23.8. The molecule has 49 heavy (non-hydrogen) atoms. The zero-order valence-corrected chi connectivity index (χ0v) is 29.0. The second-order valence-corrected chi connectivity index (χ2v) is 17.7. The molecule has 0 aromatic heterocycles. The molecule has 0 unspecified atom stereocenters. The number of hydrogen-bond acceptors (Lipinski definition) is 4. The van der Waals surface area contributed by atoms with Gasteiger partial charge in [-0.3, -0.25) is 4.90 Å². The van der Waals surface area contributed by atoms with Crippen molar-refractivity contribution >= 4 is 31.7 Å². The predicted octanol–water partition coefficient (Wildman–Crippen LogP) is 9.16. The Kier molecular flexibility index (Phi) is 10.1. The largest absolute Gasteiger partial charge is 0.421 e. The van der Waals surface area contributed by atoms with Gasteiger partial charge in [-0.25, -0.2) is 4.79 Å². The maximum absolute atomic E-state index is 13.9. The smallest absolute Gasteiger partial charge is 0.410 e. The van der Waals surface area contributed by atoms with Crippen molar-refractivity contribution < 1.29 is 19.1 Å². The number of amides is 1. The molecule has 1 aliphatic heterocycles. The molecule has 0 fully saturated rings. The van der Waals surface area contributed by atoms with Crippen LogP contribution in [0.2, 0.25) is 19.6 Å². The van der Waals surface area contributed by atoms with Crippen molar-refractivity contribution in [2.24, 2.45) is 5.92 Å². The Balaban J connectivity index is 1.44. The second-order valence-electron chi connectivity index (χ2n) is 13.0. The number of benzene rings is 5. The van der Waals surface area contributed by atoms with Gasteiger partial charge in [-0.15, -0.1) is 5.54 Å². The summed E-state index contributed by atoms with van der Waals surface area (Å²) in [5, 5.41) is 0. The lowest BCUT2D eigenvalue weighted by molar-refractivity contribution is -0.112. The highest BCUT2D eigenvalue weighted by Gasteiger charge is 2.40. The average Bonchev–Trinajstić information content (AvgIpc) is 3.13. The Morgan fingerprint density at radius 3 is 1.76 bits per heavy atom. The van der Waals surface area contributed by atoms with E-state index < -0.39 is 31.7 Å². The third-order valence-electron chi connectivity index (χ3n) is 8.41. The van der Waals surface area contributed by atoms with E-state index in [2.05, 4.69) is 67.5 Å².